The summed E-state index contributed by atoms with van der Waals surface area (Å²) >= 11 is 0. The molecule has 0 aliphatic carbocycles. The van der Waals surface area contributed by atoms with Crippen LogP contribution in [0.2, 0.25) is 0 Å². The smallest absolute Gasteiger partial charge is 0.337 e. The molecule has 106 valence electrons. The number of rotatable bonds is 6. The third-order valence-electron chi connectivity index (χ3n) is 2.69. The fourth-order valence-electron chi connectivity index (χ4n) is 1.71. The Morgan fingerprint density at radius 2 is 2.15 bits per heavy atom. The Labute approximate surface area is 116 Å². The molecule has 0 bridgehead atoms. The van der Waals surface area contributed by atoms with Crippen molar-refractivity contribution in [1.29, 1.82) is 5.26 Å². The van der Waals surface area contributed by atoms with Crippen molar-refractivity contribution < 1.29 is 24.5 Å². The van der Waals surface area contributed by atoms with Crippen molar-refractivity contribution in [1.82, 2.24) is 0 Å². The fraction of sp³-hybridized carbons (Fsp3) is 0.357. The first-order chi connectivity index (χ1) is 9.49. The minimum Gasteiger partial charge on any atom is -0.479 e. The second-order valence-electron chi connectivity index (χ2n) is 4.08. The molecule has 0 aliphatic heterocycles. The molecule has 20 heavy (non-hydrogen) atoms. The van der Waals surface area contributed by atoms with E-state index in [0.717, 1.165) is 0 Å². The molecule has 0 amide bonds. The van der Waals surface area contributed by atoms with Crippen molar-refractivity contribution in [2.24, 2.45) is 0 Å². The molecule has 2 N–H and O–H groups in total. The van der Waals surface area contributed by atoms with Crippen LogP contribution in [0.3, 0.4) is 0 Å². The van der Waals surface area contributed by atoms with Gasteiger partial charge in [0.1, 0.15) is 0 Å². The number of carbonyl (C=O) groups is 2. The van der Waals surface area contributed by atoms with Gasteiger partial charge in [-0.3, -0.25) is 4.79 Å². The number of esters is 1. The first-order valence-corrected chi connectivity index (χ1v) is 6.09. The van der Waals surface area contributed by atoms with Crippen LogP contribution in [-0.4, -0.2) is 28.8 Å². The number of ether oxygens (including phenoxy) is 1. The van der Waals surface area contributed by atoms with E-state index in [9.17, 15) is 14.7 Å². The van der Waals surface area contributed by atoms with Gasteiger partial charge in [-0.1, -0.05) is 12.1 Å². The van der Waals surface area contributed by atoms with E-state index in [2.05, 4.69) is 0 Å². The highest BCUT2D eigenvalue weighted by atomic mass is 16.5. The van der Waals surface area contributed by atoms with Crippen molar-refractivity contribution in [3.63, 3.8) is 0 Å². The first-order valence-electron chi connectivity index (χ1n) is 6.09. The Bertz CT molecular complexity index is 547. The average molecular weight is 277 g/mol. The van der Waals surface area contributed by atoms with E-state index in [0.29, 0.717) is 18.6 Å². The maximum atomic E-state index is 11.2. The number of aliphatic hydroxyl groups is 1. The van der Waals surface area contributed by atoms with E-state index in [4.69, 9.17) is 15.1 Å². The molecule has 0 saturated heterocycles. The maximum Gasteiger partial charge on any atom is 0.337 e. The van der Waals surface area contributed by atoms with Gasteiger partial charge in [-0.15, -0.1) is 0 Å². The molecule has 0 saturated carbocycles. The van der Waals surface area contributed by atoms with Crippen LogP contribution < -0.4 is 0 Å². The zero-order valence-corrected chi connectivity index (χ0v) is 11.0. The highest BCUT2D eigenvalue weighted by Gasteiger charge is 2.19. The Hall–Kier alpha value is -2.39. The van der Waals surface area contributed by atoms with E-state index >= 15 is 0 Å². The molecule has 0 aliphatic rings. The van der Waals surface area contributed by atoms with Gasteiger partial charge < -0.3 is 14.9 Å². The zero-order valence-electron chi connectivity index (χ0n) is 11.0. The number of nitrogens with zero attached hydrogens (tertiary/aromatic N) is 1. The van der Waals surface area contributed by atoms with E-state index in [1.807, 2.05) is 6.07 Å². The average Bonchev–Trinajstić information content (AvgIpc) is 2.44. The molecular weight excluding hydrogens is 262 g/mol. The third kappa shape index (κ3) is 4.07. The van der Waals surface area contributed by atoms with Crippen molar-refractivity contribution in [3.05, 3.63) is 34.9 Å². The summed E-state index contributed by atoms with van der Waals surface area (Å²) in [5.74, 6) is -1.75. The number of hydrogen-bond donors (Lipinski definition) is 2. The lowest BCUT2D eigenvalue weighted by Gasteiger charge is -2.09. The van der Waals surface area contributed by atoms with Gasteiger partial charge in [0, 0.05) is 12.0 Å². The largest absolute Gasteiger partial charge is 0.479 e. The number of aliphatic hydroxyl groups excluding tert-OH is 1. The molecule has 1 aromatic carbocycles. The standard InChI is InChI=1S/C14H15NO5/c1-2-20-12(16)6-4-9-3-5-11(10(7-9)8-15)13(17)14(18)19/h3,5,7,13,17H,2,4,6H2,1H3,(H,18,19). The molecule has 1 atom stereocenters. The lowest BCUT2D eigenvalue weighted by atomic mass is 9.98. The minimum absolute atomic E-state index is 0.0416. The highest BCUT2D eigenvalue weighted by molar-refractivity contribution is 5.75. The summed E-state index contributed by atoms with van der Waals surface area (Å²) in [4.78, 5) is 21.9. The number of benzene rings is 1. The summed E-state index contributed by atoms with van der Waals surface area (Å²) in [5, 5.41) is 27.2. The van der Waals surface area contributed by atoms with Gasteiger partial charge in [0.15, 0.2) is 6.10 Å². The van der Waals surface area contributed by atoms with Crippen LogP contribution in [0.4, 0.5) is 0 Å². The molecule has 0 spiro atoms. The van der Waals surface area contributed by atoms with Crippen LogP contribution >= 0.6 is 0 Å². The summed E-state index contributed by atoms with van der Waals surface area (Å²) in [6, 6.07) is 6.29. The zero-order chi connectivity index (χ0) is 15.1. The van der Waals surface area contributed by atoms with Gasteiger partial charge in [-0.25, -0.2) is 4.79 Å². The van der Waals surface area contributed by atoms with Crippen LogP contribution in [0.5, 0.6) is 0 Å². The summed E-state index contributed by atoms with van der Waals surface area (Å²) in [6.07, 6.45) is -1.17. The lowest BCUT2D eigenvalue weighted by Crippen LogP contribution is -2.12. The Kier molecular flexibility index (Phi) is 5.69. The van der Waals surface area contributed by atoms with E-state index < -0.39 is 12.1 Å². The number of nitriles is 1. The van der Waals surface area contributed by atoms with E-state index in [-0.39, 0.29) is 23.5 Å². The quantitative estimate of drug-likeness (QED) is 0.756. The number of hydrogen-bond acceptors (Lipinski definition) is 5. The maximum absolute atomic E-state index is 11.2. The Morgan fingerprint density at radius 1 is 1.45 bits per heavy atom. The van der Waals surface area contributed by atoms with E-state index in [1.54, 1.807) is 13.0 Å². The second-order valence-corrected chi connectivity index (χ2v) is 4.08. The Morgan fingerprint density at radius 3 is 2.70 bits per heavy atom. The number of carboxylic acids is 1. The van der Waals surface area contributed by atoms with E-state index in [1.165, 1.54) is 12.1 Å². The second kappa shape index (κ2) is 7.26. The van der Waals surface area contributed by atoms with Crippen molar-refractivity contribution >= 4 is 11.9 Å². The summed E-state index contributed by atoms with van der Waals surface area (Å²) in [5.41, 5.74) is 0.831. The van der Waals surface area contributed by atoms with Gasteiger partial charge in [-0.05, 0) is 25.0 Å². The van der Waals surface area contributed by atoms with Crippen molar-refractivity contribution in [2.75, 3.05) is 6.61 Å². The normalized spacial score (nSPS) is 11.4. The van der Waals surface area contributed by atoms with Gasteiger partial charge in [0.25, 0.3) is 0 Å². The lowest BCUT2D eigenvalue weighted by molar-refractivity contribution is -0.147. The number of carboxylic acid groups (broad SMARTS) is 1. The summed E-state index contributed by atoms with van der Waals surface area (Å²) in [7, 11) is 0. The summed E-state index contributed by atoms with van der Waals surface area (Å²) < 4.78 is 4.79. The van der Waals surface area contributed by atoms with Crippen LogP contribution in [0, 0.1) is 11.3 Å². The van der Waals surface area contributed by atoms with Gasteiger partial charge in [0.05, 0.1) is 18.2 Å². The van der Waals surface area contributed by atoms with Gasteiger partial charge in [0.2, 0.25) is 0 Å². The molecule has 0 fully saturated rings. The molecule has 0 heterocycles. The molecule has 6 heteroatoms. The van der Waals surface area contributed by atoms with Crippen LogP contribution in [-0.2, 0) is 20.7 Å². The molecule has 1 unspecified atom stereocenters. The van der Waals surface area contributed by atoms with Crippen molar-refractivity contribution in [3.8, 4) is 6.07 Å². The monoisotopic (exact) mass is 277 g/mol. The first kappa shape index (κ1) is 15.7. The topological polar surface area (TPSA) is 108 Å². The number of carbonyl (C=O) groups excluding carboxylic acids is 1. The SMILES string of the molecule is CCOC(=O)CCc1ccc(C(O)C(=O)O)c(C#N)c1. The van der Waals surface area contributed by atoms with Crippen molar-refractivity contribution in [2.45, 2.75) is 25.9 Å². The molecule has 1 aromatic rings. The van der Waals surface area contributed by atoms with Crippen LogP contribution in [0.15, 0.2) is 18.2 Å². The van der Waals surface area contributed by atoms with Gasteiger partial charge >= 0.3 is 11.9 Å². The van der Waals surface area contributed by atoms with Gasteiger partial charge in [-0.2, -0.15) is 5.26 Å². The predicted octanol–water partition coefficient (Wildman–Crippen LogP) is 1.17. The summed E-state index contributed by atoms with van der Waals surface area (Å²) in [6.45, 7) is 2.03. The highest BCUT2D eigenvalue weighted by Crippen LogP contribution is 2.20. The molecule has 6 nitrogen and oxygen atoms in total. The Balaban J connectivity index is 2.85. The van der Waals surface area contributed by atoms with Crippen LogP contribution in [0.25, 0.3) is 0 Å². The predicted molar refractivity (Wildman–Crippen MR) is 68.7 cm³/mol. The molecule has 0 radical (unpaired) electrons. The fourth-order valence-corrected chi connectivity index (χ4v) is 1.71. The third-order valence-corrected chi connectivity index (χ3v) is 2.69. The molecule has 1 rings (SSSR count). The molecular formula is C14H15NO5. The number of aliphatic carboxylic acids is 1. The molecule has 0 aromatic heterocycles. The number of aryl methyl sites for hydroxylation is 1. The van der Waals surface area contributed by atoms with Crippen LogP contribution in [0.1, 0.15) is 36.1 Å². The minimum atomic E-state index is -1.73.